The molecule has 0 amide bonds. The summed E-state index contributed by atoms with van der Waals surface area (Å²) in [5.41, 5.74) is 3.85. The zero-order valence-corrected chi connectivity index (χ0v) is 17.3. The standard InChI is InChI=1S/C26H27NO3/c1-29-21-11-12-24-23(17-21)25(22-10-6-5-7-19(22)18-30-24)27-15-13-26(28,14-16-27)20-8-3-2-4-9-20/h2-12,17,25,28H,13-16,18H2,1H3. The van der Waals surface area contributed by atoms with Crippen LogP contribution in [-0.2, 0) is 12.2 Å². The van der Waals surface area contributed by atoms with Gasteiger partial charge in [0.25, 0.3) is 0 Å². The molecular formula is C26H27NO3. The molecule has 1 saturated heterocycles. The summed E-state index contributed by atoms with van der Waals surface area (Å²) < 4.78 is 11.7. The highest BCUT2D eigenvalue weighted by Gasteiger charge is 2.38. The van der Waals surface area contributed by atoms with Crippen LogP contribution in [0.4, 0.5) is 0 Å². The summed E-state index contributed by atoms with van der Waals surface area (Å²) in [7, 11) is 1.70. The largest absolute Gasteiger partial charge is 0.497 e. The van der Waals surface area contributed by atoms with Gasteiger partial charge in [-0.1, -0.05) is 54.6 Å². The van der Waals surface area contributed by atoms with E-state index in [4.69, 9.17) is 9.47 Å². The average Bonchev–Trinajstić information content (AvgIpc) is 2.97. The van der Waals surface area contributed by atoms with Gasteiger partial charge in [-0.2, -0.15) is 0 Å². The highest BCUT2D eigenvalue weighted by Crippen LogP contribution is 2.44. The number of benzene rings is 3. The lowest BCUT2D eigenvalue weighted by Crippen LogP contribution is -2.44. The van der Waals surface area contributed by atoms with E-state index in [9.17, 15) is 5.11 Å². The van der Waals surface area contributed by atoms with Crippen molar-refractivity contribution in [1.82, 2.24) is 4.90 Å². The summed E-state index contributed by atoms with van der Waals surface area (Å²) in [6.07, 6.45) is 1.41. The molecule has 2 aliphatic heterocycles. The van der Waals surface area contributed by atoms with E-state index in [1.54, 1.807) is 7.11 Å². The van der Waals surface area contributed by atoms with E-state index in [0.717, 1.165) is 35.7 Å². The van der Waals surface area contributed by atoms with Crippen LogP contribution in [0.2, 0.25) is 0 Å². The molecule has 1 N–H and O–H groups in total. The third-order valence-corrected chi connectivity index (χ3v) is 6.55. The Morgan fingerprint density at radius 2 is 1.67 bits per heavy atom. The number of hydrogen-bond acceptors (Lipinski definition) is 4. The zero-order chi connectivity index (χ0) is 20.6. The maximum Gasteiger partial charge on any atom is 0.125 e. The second-order valence-electron chi connectivity index (χ2n) is 8.23. The molecule has 1 atom stereocenters. The number of hydrogen-bond donors (Lipinski definition) is 1. The van der Waals surface area contributed by atoms with Crippen molar-refractivity contribution in [3.8, 4) is 11.5 Å². The molecule has 0 radical (unpaired) electrons. The molecule has 154 valence electrons. The number of piperidine rings is 1. The van der Waals surface area contributed by atoms with Crippen molar-refractivity contribution in [3.63, 3.8) is 0 Å². The van der Waals surface area contributed by atoms with Gasteiger partial charge in [0.05, 0.1) is 18.8 Å². The van der Waals surface area contributed by atoms with E-state index >= 15 is 0 Å². The molecule has 2 heterocycles. The van der Waals surface area contributed by atoms with Crippen molar-refractivity contribution in [2.75, 3.05) is 20.2 Å². The van der Waals surface area contributed by atoms with Crippen LogP contribution in [0, 0.1) is 0 Å². The maximum absolute atomic E-state index is 11.3. The maximum atomic E-state index is 11.3. The summed E-state index contributed by atoms with van der Waals surface area (Å²) in [6.45, 7) is 2.18. The van der Waals surface area contributed by atoms with Crippen LogP contribution in [-0.4, -0.2) is 30.2 Å². The van der Waals surface area contributed by atoms with Gasteiger partial charge >= 0.3 is 0 Å². The van der Waals surface area contributed by atoms with Gasteiger partial charge in [0.2, 0.25) is 0 Å². The molecule has 1 unspecified atom stereocenters. The SMILES string of the molecule is COc1ccc2c(c1)C(N1CCC(O)(c3ccccc3)CC1)c1ccccc1CO2. The first-order chi connectivity index (χ1) is 14.7. The van der Waals surface area contributed by atoms with E-state index in [-0.39, 0.29) is 6.04 Å². The number of fused-ring (bicyclic) bond motifs is 2. The molecule has 4 nitrogen and oxygen atoms in total. The minimum atomic E-state index is -0.768. The van der Waals surface area contributed by atoms with E-state index in [1.807, 2.05) is 42.5 Å². The Labute approximate surface area is 177 Å². The predicted molar refractivity (Wildman–Crippen MR) is 117 cm³/mol. The molecule has 0 bridgehead atoms. The molecule has 3 aromatic carbocycles. The van der Waals surface area contributed by atoms with Crippen LogP contribution in [0.1, 0.15) is 41.1 Å². The Morgan fingerprint density at radius 1 is 0.933 bits per heavy atom. The summed E-state index contributed by atoms with van der Waals surface area (Å²) in [4.78, 5) is 2.48. The van der Waals surface area contributed by atoms with Crippen LogP contribution >= 0.6 is 0 Å². The van der Waals surface area contributed by atoms with Crippen LogP contribution in [0.5, 0.6) is 11.5 Å². The monoisotopic (exact) mass is 401 g/mol. The third-order valence-electron chi connectivity index (χ3n) is 6.55. The topological polar surface area (TPSA) is 41.9 Å². The highest BCUT2D eigenvalue weighted by atomic mass is 16.5. The number of rotatable bonds is 3. The number of aliphatic hydroxyl groups is 1. The van der Waals surface area contributed by atoms with Crippen molar-refractivity contribution in [2.24, 2.45) is 0 Å². The zero-order valence-electron chi connectivity index (χ0n) is 17.3. The molecule has 0 aliphatic carbocycles. The molecule has 0 aromatic heterocycles. The first-order valence-corrected chi connectivity index (χ1v) is 10.6. The van der Waals surface area contributed by atoms with Gasteiger partial charge in [0, 0.05) is 18.7 Å². The second-order valence-corrected chi connectivity index (χ2v) is 8.23. The highest BCUT2D eigenvalue weighted by molar-refractivity contribution is 5.49. The molecule has 1 fully saturated rings. The minimum Gasteiger partial charge on any atom is -0.497 e. The molecule has 4 heteroatoms. The Bertz CT molecular complexity index is 1030. The van der Waals surface area contributed by atoms with Gasteiger partial charge < -0.3 is 14.6 Å². The molecule has 0 saturated carbocycles. The van der Waals surface area contributed by atoms with Gasteiger partial charge in [-0.05, 0) is 47.7 Å². The van der Waals surface area contributed by atoms with Crippen LogP contribution in [0.25, 0.3) is 0 Å². The van der Waals surface area contributed by atoms with Crippen LogP contribution in [0.15, 0.2) is 72.8 Å². The fourth-order valence-electron chi connectivity index (χ4n) is 4.84. The molecule has 30 heavy (non-hydrogen) atoms. The van der Waals surface area contributed by atoms with E-state index < -0.39 is 5.60 Å². The summed E-state index contributed by atoms with van der Waals surface area (Å²) in [5.74, 6) is 1.74. The quantitative estimate of drug-likeness (QED) is 0.693. The Kier molecular flexibility index (Phi) is 4.97. The Morgan fingerprint density at radius 3 is 2.43 bits per heavy atom. The van der Waals surface area contributed by atoms with Crippen molar-refractivity contribution in [2.45, 2.75) is 31.1 Å². The fourth-order valence-corrected chi connectivity index (χ4v) is 4.84. The lowest BCUT2D eigenvalue weighted by atomic mass is 9.82. The molecular weight excluding hydrogens is 374 g/mol. The summed E-state index contributed by atoms with van der Waals surface area (Å²) in [5, 5.41) is 11.3. The van der Waals surface area contributed by atoms with E-state index in [0.29, 0.717) is 19.4 Å². The summed E-state index contributed by atoms with van der Waals surface area (Å²) in [6, 6.07) is 24.7. The van der Waals surface area contributed by atoms with Crippen molar-refractivity contribution >= 4 is 0 Å². The lowest BCUT2D eigenvalue weighted by Gasteiger charge is -2.42. The van der Waals surface area contributed by atoms with E-state index in [1.165, 1.54) is 11.1 Å². The fraction of sp³-hybridized carbons (Fsp3) is 0.308. The molecule has 5 rings (SSSR count). The number of likely N-dealkylation sites (tertiary alicyclic amines) is 1. The molecule has 2 aliphatic rings. The van der Waals surface area contributed by atoms with Crippen LogP contribution < -0.4 is 9.47 Å². The van der Waals surface area contributed by atoms with Crippen molar-refractivity contribution in [1.29, 1.82) is 0 Å². The van der Waals surface area contributed by atoms with Gasteiger partial charge in [-0.15, -0.1) is 0 Å². The van der Waals surface area contributed by atoms with Crippen LogP contribution in [0.3, 0.4) is 0 Å². The van der Waals surface area contributed by atoms with Crippen molar-refractivity contribution in [3.05, 3.63) is 95.1 Å². The minimum absolute atomic E-state index is 0.0779. The Hall–Kier alpha value is -2.82. The van der Waals surface area contributed by atoms with Gasteiger partial charge in [-0.3, -0.25) is 4.90 Å². The summed E-state index contributed by atoms with van der Waals surface area (Å²) >= 11 is 0. The average molecular weight is 402 g/mol. The first kappa shape index (κ1) is 19.2. The van der Waals surface area contributed by atoms with E-state index in [2.05, 4.69) is 35.2 Å². The van der Waals surface area contributed by atoms with Gasteiger partial charge in [0.1, 0.15) is 18.1 Å². The smallest absolute Gasteiger partial charge is 0.125 e. The number of methoxy groups -OCH3 is 1. The lowest BCUT2D eigenvalue weighted by molar-refractivity contribution is -0.0325. The number of ether oxygens (including phenoxy) is 2. The van der Waals surface area contributed by atoms with Gasteiger partial charge in [-0.25, -0.2) is 0 Å². The second kappa shape index (κ2) is 7.78. The molecule has 3 aromatic rings. The predicted octanol–water partition coefficient (Wildman–Crippen LogP) is 4.66. The molecule has 0 spiro atoms. The first-order valence-electron chi connectivity index (χ1n) is 10.6. The number of nitrogens with zero attached hydrogens (tertiary/aromatic N) is 1. The normalized spacial score (nSPS) is 20.4. The third kappa shape index (κ3) is 3.36. The van der Waals surface area contributed by atoms with Gasteiger partial charge in [0.15, 0.2) is 0 Å². The van der Waals surface area contributed by atoms with Crippen molar-refractivity contribution < 1.29 is 14.6 Å². The Balaban J connectivity index is 1.51.